The van der Waals surface area contributed by atoms with Gasteiger partial charge in [-0.1, -0.05) is 58.4 Å². The first-order valence-corrected chi connectivity index (χ1v) is 6.93. The van der Waals surface area contributed by atoms with Crippen molar-refractivity contribution in [1.29, 1.82) is 0 Å². The molecule has 106 valence electrons. The molecule has 0 spiro atoms. The van der Waals surface area contributed by atoms with Crippen LogP contribution in [0.25, 0.3) is 0 Å². The summed E-state index contributed by atoms with van der Waals surface area (Å²) in [4.78, 5) is 11.3. The van der Waals surface area contributed by atoms with Gasteiger partial charge in [0.1, 0.15) is 6.04 Å². The predicted molar refractivity (Wildman–Crippen MR) is 78.4 cm³/mol. The molecule has 0 aromatic heterocycles. The third kappa shape index (κ3) is 4.67. The van der Waals surface area contributed by atoms with Crippen LogP contribution in [-0.4, -0.2) is 17.6 Å². The molecule has 1 aromatic carbocycles. The van der Waals surface area contributed by atoms with E-state index in [4.69, 9.17) is 0 Å². The Morgan fingerprint density at radius 3 is 2.26 bits per heavy atom. The van der Waals surface area contributed by atoms with Crippen LogP contribution in [-0.2, 0) is 10.2 Å². The summed E-state index contributed by atoms with van der Waals surface area (Å²) in [7, 11) is 0. The summed E-state index contributed by atoms with van der Waals surface area (Å²) in [6, 6.07) is 7.26. The van der Waals surface area contributed by atoms with Gasteiger partial charge in [0.2, 0.25) is 0 Å². The lowest BCUT2D eigenvalue weighted by molar-refractivity contribution is -0.139. The molecule has 0 heterocycles. The number of unbranched alkanes of at least 4 members (excludes halogenated alkanes) is 1. The topological polar surface area (TPSA) is 49.3 Å². The third-order valence-electron chi connectivity index (χ3n) is 3.24. The van der Waals surface area contributed by atoms with Gasteiger partial charge in [-0.05, 0) is 29.5 Å². The summed E-state index contributed by atoms with van der Waals surface area (Å²) in [6.45, 7) is 9.27. The largest absolute Gasteiger partial charge is 0.480 e. The fourth-order valence-electron chi connectivity index (χ4n) is 1.95. The number of carbonyl (C=O) groups is 1. The molecule has 0 amide bonds. The lowest BCUT2D eigenvalue weighted by Gasteiger charge is -2.20. The highest BCUT2D eigenvalue weighted by Gasteiger charge is 2.20. The zero-order chi connectivity index (χ0) is 14.5. The van der Waals surface area contributed by atoms with Crippen molar-refractivity contribution in [3.63, 3.8) is 0 Å². The molecular weight excluding hydrogens is 238 g/mol. The van der Waals surface area contributed by atoms with E-state index in [1.54, 1.807) is 0 Å². The van der Waals surface area contributed by atoms with E-state index in [1.165, 1.54) is 5.56 Å². The number of benzene rings is 1. The van der Waals surface area contributed by atoms with Gasteiger partial charge in [0, 0.05) is 0 Å². The zero-order valence-corrected chi connectivity index (χ0v) is 12.4. The zero-order valence-electron chi connectivity index (χ0n) is 12.4. The first-order valence-electron chi connectivity index (χ1n) is 6.93. The van der Waals surface area contributed by atoms with E-state index >= 15 is 0 Å². The fourth-order valence-corrected chi connectivity index (χ4v) is 1.95. The van der Waals surface area contributed by atoms with Crippen LogP contribution in [0.15, 0.2) is 24.3 Å². The minimum Gasteiger partial charge on any atom is -0.480 e. The Bertz CT molecular complexity index is 404. The molecular formula is C16H25NO2. The van der Waals surface area contributed by atoms with Crippen LogP contribution < -0.4 is 5.32 Å². The van der Waals surface area contributed by atoms with Gasteiger partial charge in [-0.3, -0.25) is 4.79 Å². The Morgan fingerprint density at radius 2 is 1.84 bits per heavy atom. The summed E-state index contributed by atoms with van der Waals surface area (Å²) >= 11 is 0. The molecule has 0 aliphatic rings. The van der Waals surface area contributed by atoms with Gasteiger partial charge in [-0.2, -0.15) is 0 Å². The molecule has 0 saturated heterocycles. The molecule has 0 radical (unpaired) electrons. The molecule has 3 nitrogen and oxygen atoms in total. The molecule has 19 heavy (non-hydrogen) atoms. The van der Waals surface area contributed by atoms with Crippen molar-refractivity contribution in [2.24, 2.45) is 0 Å². The Kier molecular flexibility index (Phi) is 5.55. The summed E-state index contributed by atoms with van der Waals surface area (Å²) in [5.41, 5.74) is 2.12. The molecule has 1 rings (SSSR count). The summed E-state index contributed by atoms with van der Waals surface area (Å²) in [5, 5.41) is 12.4. The molecule has 2 N–H and O–H groups in total. The number of aliphatic carboxylic acids is 1. The number of carboxylic acid groups (broad SMARTS) is 1. The van der Waals surface area contributed by atoms with E-state index < -0.39 is 12.0 Å². The molecule has 0 aliphatic carbocycles. The molecule has 1 aromatic rings. The molecule has 0 saturated carbocycles. The highest BCUT2D eigenvalue weighted by Crippen LogP contribution is 2.24. The minimum absolute atomic E-state index is 0.0902. The van der Waals surface area contributed by atoms with Crippen LogP contribution >= 0.6 is 0 Å². The maximum Gasteiger partial charge on any atom is 0.325 e. The van der Waals surface area contributed by atoms with Crippen LogP contribution in [0.2, 0.25) is 0 Å². The molecule has 1 unspecified atom stereocenters. The average molecular weight is 263 g/mol. The first kappa shape index (κ1) is 15.7. The smallest absolute Gasteiger partial charge is 0.325 e. The molecule has 0 aliphatic heterocycles. The fraction of sp³-hybridized carbons (Fsp3) is 0.562. The monoisotopic (exact) mass is 263 g/mol. The van der Waals surface area contributed by atoms with E-state index in [2.05, 4.69) is 33.0 Å². The highest BCUT2D eigenvalue weighted by atomic mass is 16.4. The van der Waals surface area contributed by atoms with Gasteiger partial charge in [0.05, 0.1) is 0 Å². The second-order valence-electron chi connectivity index (χ2n) is 5.95. The van der Waals surface area contributed by atoms with E-state index in [0.717, 1.165) is 24.9 Å². The number of nitrogens with one attached hydrogen (secondary N) is 1. The van der Waals surface area contributed by atoms with E-state index in [9.17, 15) is 9.90 Å². The van der Waals surface area contributed by atoms with Crippen molar-refractivity contribution in [3.05, 3.63) is 35.4 Å². The van der Waals surface area contributed by atoms with Gasteiger partial charge in [0.25, 0.3) is 0 Å². The van der Waals surface area contributed by atoms with Crippen LogP contribution in [0.4, 0.5) is 0 Å². The van der Waals surface area contributed by atoms with Gasteiger partial charge in [-0.15, -0.1) is 0 Å². The quantitative estimate of drug-likeness (QED) is 0.772. The number of hydrogen-bond acceptors (Lipinski definition) is 2. The van der Waals surface area contributed by atoms with Gasteiger partial charge in [0.15, 0.2) is 0 Å². The van der Waals surface area contributed by atoms with Gasteiger partial charge in [-0.25, -0.2) is 0 Å². The standard InChI is InChI=1S/C16H25NO2/c1-5-6-11-17-14(15(18)19)12-7-9-13(10-8-12)16(2,3)4/h7-10,14,17H,5-6,11H2,1-4H3,(H,18,19). The summed E-state index contributed by atoms with van der Waals surface area (Å²) in [6.07, 6.45) is 2.05. The molecule has 0 bridgehead atoms. The predicted octanol–water partition coefficient (Wildman–Crippen LogP) is 3.50. The normalized spacial score (nSPS) is 13.3. The summed E-state index contributed by atoms with van der Waals surface area (Å²) in [5.74, 6) is -0.820. The van der Waals surface area contributed by atoms with Crippen molar-refractivity contribution in [2.45, 2.75) is 52.0 Å². The number of carboxylic acids is 1. The molecule has 0 fully saturated rings. The van der Waals surface area contributed by atoms with E-state index in [-0.39, 0.29) is 5.41 Å². The number of hydrogen-bond donors (Lipinski definition) is 2. The maximum absolute atomic E-state index is 11.3. The van der Waals surface area contributed by atoms with Crippen molar-refractivity contribution < 1.29 is 9.90 Å². The SMILES string of the molecule is CCCCNC(C(=O)O)c1ccc(C(C)(C)C)cc1. The van der Waals surface area contributed by atoms with E-state index in [0.29, 0.717) is 0 Å². The Morgan fingerprint density at radius 1 is 1.26 bits per heavy atom. The first-order chi connectivity index (χ1) is 8.86. The van der Waals surface area contributed by atoms with Crippen LogP contribution in [0.1, 0.15) is 57.7 Å². The number of rotatable bonds is 6. The van der Waals surface area contributed by atoms with Crippen LogP contribution in [0, 0.1) is 0 Å². The van der Waals surface area contributed by atoms with Crippen molar-refractivity contribution >= 4 is 5.97 Å². The van der Waals surface area contributed by atoms with Crippen molar-refractivity contribution in [3.8, 4) is 0 Å². The summed E-state index contributed by atoms with van der Waals surface area (Å²) < 4.78 is 0. The van der Waals surface area contributed by atoms with Crippen molar-refractivity contribution in [1.82, 2.24) is 5.32 Å². The lowest BCUT2D eigenvalue weighted by atomic mass is 9.86. The van der Waals surface area contributed by atoms with Gasteiger partial charge < -0.3 is 10.4 Å². The van der Waals surface area contributed by atoms with E-state index in [1.807, 2.05) is 24.3 Å². The van der Waals surface area contributed by atoms with Crippen molar-refractivity contribution in [2.75, 3.05) is 6.54 Å². The lowest BCUT2D eigenvalue weighted by Crippen LogP contribution is -2.29. The third-order valence-corrected chi connectivity index (χ3v) is 3.24. The van der Waals surface area contributed by atoms with Gasteiger partial charge >= 0.3 is 5.97 Å². The Labute approximate surface area is 116 Å². The average Bonchev–Trinajstić information content (AvgIpc) is 2.33. The maximum atomic E-state index is 11.3. The van der Waals surface area contributed by atoms with Crippen LogP contribution in [0.5, 0.6) is 0 Å². The highest BCUT2D eigenvalue weighted by molar-refractivity contribution is 5.75. The Hall–Kier alpha value is -1.35. The Balaban J connectivity index is 2.83. The minimum atomic E-state index is -0.820. The molecule has 3 heteroatoms. The molecule has 1 atom stereocenters. The second kappa shape index (κ2) is 6.71. The second-order valence-corrected chi connectivity index (χ2v) is 5.95. The van der Waals surface area contributed by atoms with Crippen LogP contribution in [0.3, 0.4) is 0 Å².